The van der Waals surface area contributed by atoms with Gasteiger partial charge in [-0.15, -0.1) is 11.3 Å². The van der Waals surface area contributed by atoms with Gasteiger partial charge in [0.05, 0.1) is 12.6 Å². The van der Waals surface area contributed by atoms with Gasteiger partial charge >= 0.3 is 0 Å². The predicted molar refractivity (Wildman–Crippen MR) is 97.2 cm³/mol. The molecule has 0 aliphatic rings. The average Bonchev–Trinajstić information content (AvgIpc) is 3.06. The first-order valence-corrected chi connectivity index (χ1v) is 9.29. The fraction of sp³-hybridized carbons (Fsp3) is 0.188. The second-order valence-corrected chi connectivity index (χ2v) is 6.71. The molecule has 2 heterocycles. The van der Waals surface area contributed by atoms with Crippen molar-refractivity contribution in [3.8, 4) is 5.75 Å². The van der Waals surface area contributed by atoms with E-state index in [-0.39, 0.29) is 23.5 Å². The minimum absolute atomic E-state index is 0.0891. The molecule has 130 valence electrons. The summed E-state index contributed by atoms with van der Waals surface area (Å²) in [4.78, 5) is 29.2. The normalized spacial score (nSPS) is 10.8. The SMILES string of the molecule is COc1ccc(NC(=O)Cn2c(SC)nc3ccsc3c2=O)cc1F. The Kier molecular flexibility index (Phi) is 5.05. The van der Waals surface area contributed by atoms with E-state index in [0.29, 0.717) is 15.4 Å². The number of thioether (sulfide) groups is 1. The molecule has 1 aromatic carbocycles. The number of aromatic nitrogens is 2. The number of carbonyl (C=O) groups excluding carboxylic acids is 1. The number of hydrogen-bond donors (Lipinski definition) is 1. The summed E-state index contributed by atoms with van der Waals surface area (Å²) in [5.74, 6) is -0.935. The number of anilines is 1. The zero-order chi connectivity index (χ0) is 18.0. The molecule has 1 N–H and O–H groups in total. The zero-order valence-electron chi connectivity index (χ0n) is 13.4. The highest BCUT2D eigenvalue weighted by molar-refractivity contribution is 7.98. The van der Waals surface area contributed by atoms with Crippen molar-refractivity contribution in [3.05, 3.63) is 45.8 Å². The number of ether oxygens (including phenoxy) is 1. The minimum Gasteiger partial charge on any atom is -0.494 e. The van der Waals surface area contributed by atoms with Crippen LogP contribution in [0.2, 0.25) is 0 Å². The first kappa shape index (κ1) is 17.4. The highest BCUT2D eigenvalue weighted by Crippen LogP contribution is 2.21. The lowest BCUT2D eigenvalue weighted by molar-refractivity contribution is -0.116. The van der Waals surface area contributed by atoms with E-state index in [9.17, 15) is 14.0 Å². The van der Waals surface area contributed by atoms with Crippen LogP contribution in [-0.2, 0) is 11.3 Å². The van der Waals surface area contributed by atoms with Crippen LogP contribution in [-0.4, -0.2) is 28.8 Å². The second-order valence-electron chi connectivity index (χ2n) is 5.02. The third kappa shape index (κ3) is 3.52. The van der Waals surface area contributed by atoms with Gasteiger partial charge in [-0.3, -0.25) is 14.2 Å². The van der Waals surface area contributed by atoms with Crippen molar-refractivity contribution >= 4 is 44.9 Å². The molecule has 0 atom stereocenters. The van der Waals surface area contributed by atoms with E-state index in [1.54, 1.807) is 17.7 Å². The molecule has 0 fully saturated rings. The maximum atomic E-state index is 13.7. The van der Waals surface area contributed by atoms with Crippen molar-refractivity contribution < 1.29 is 13.9 Å². The van der Waals surface area contributed by atoms with Gasteiger partial charge in [-0.05, 0) is 29.8 Å². The molecular weight excluding hydrogens is 365 g/mol. The van der Waals surface area contributed by atoms with Gasteiger partial charge in [0.25, 0.3) is 5.56 Å². The van der Waals surface area contributed by atoms with E-state index in [4.69, 9.17) is 4.74 Å². The van der Waals surface area contributed by atoms with E-state index < -0.39 is 11.7 Å². The van der Waals surface area contributed by atoms with E-state index in [2.05, 4.69) is 10.3 Å². The molecule has 0 bridgehead atoms. The number of carbonyl (C=O) groups is 1. The Morgan fingerprint density at radius 2 is 2.24 bits per heavy atom. The Bertz CT molecular complexity index is 1000. The Balaban J connectivity index is 1.85. The van der Waals surface area contributed by atoms with Crippen LogP contribution in [0.1, 0.15) is 0 Å². The number of nitrogens with zero attached hydrogens (tertiary/aromatic N) is 2. The first-order chi connectivity index (χ1) is 12.0. The number of thiophene rings is 1. The van der Waals surface area contributed by atoms with Gasteiger partial charge in [-0.2, -0.15) is 0 Å². The molecule has 1 amide bonds. The van der Waals surface area contributed by atoms with Crippen LogP contribution in [0.5, 0.6) is 5.75 Å². The molecule has 25 heavy (non-hydrogen) atoms. The Hall–Kier alpha value is -2.39. The third-order valence-electron chi connectivity index (χ3n) is 3.45. The van der Waals surface area contributed by atoms with Crippen molar-refractivity contribution in [2.45, 2.75) is 11.7 Å². The molecule has 0 aliphatic heterocycles. The summed E-state index contributed by atoms with van der Waals surface area (Å²) in [6, 6.07) is 5.88. The van der Waals surface area contributed by atoms with E-state index >= 15 is 0 Å². The van der Waals surface area contributed by atoms with Crippen LogP contribution in [0.25, 0.3) is 10.2 Å². The summed E-state index contributed by atoms with van der Waals surface area (Å²) < 4.78 is 20.4. The molecule has 3 aromatic rings. The number of nitrogens with one attached hydrogen (secondary N) is 1. The van der Waals surface area contributed by atoms with Crippen molar-refractivity contribution in [3.63, 3.8) is 0 Å². The molecule has 2 aromatic heterocycles. The topological polar surface area (TPSA) is 73.2 Å². The largest absolute Gasteiger partial charge is 0.494 e. The maximum Gasteiger partial charge on any atom is 0.272 e. The standard InChI is InChI=1S/C16H14FN3O3S2/c1-23-12-4-3-9(7-10(12)17)18-13(21)8-20-15(22)14-11(5-6-25-14)19-16(20)24-2/h3-7H,8H2,1-2H3,(H,18,21). The monoisotopic (exact) mass is 379 g/mol. The molecule has 0 spiro atoms. The van der Waals surface area contributed by atoms with Crippen molar-refractivity contribution in [1.82, 2.24) is 9.55 Å². The molecule has 0 radical (unpaired) electrons. The number of amides is 1. The smallest absolute Gasteiger partial charge is 0.272 e. The lowest BCUT2D eigenvalue weighted by atomic mass is 10.3. The molecule has 0 saturated carbocycles. The minimum atomic E-state index is -0.580. The van der Waals surface area contributed by atoms with Crippen molar-refractivity contribution in [2.24, 2.45) is 0 Å². The summed E-state index contributed by atoms with van der Waals surface area (Å²) in [5.41, 5.74) is 0.640. The molecule has 6 nitrogen and oxygen atoms in total. The molecular formula is C16H14FN3O3S2. The van der Waals surface area contributed by atoms with Gasteiger partial charge in [-0.1, -0.05) is 11.8 Å². The summed E-state index contributed by atoms with van der Waals surface area (Å²) in [6.07, 6.45) is 1.78. The second kappa shape index (κ2) is 7.24. The number of halogens is 1. The van der Waals surface area contributed by atoms with Crippen LogP contribution in [0.3, 0.4) is 0 Å². The maximum absolute atomic E-state index is 13.7. The predicted octanol–water partition coefficient (Wildman–Crippen LogP) is 2.97. The molecule has 0 unspecified atom stereocenters. The third-order valence-corrected chi connectivity index (χ3v) is 5.02. The van der Waals surface area contributed by atoms with Gasteiger partial charge in [0.1, 0.15) is 11.2 Å². The van der Waals surface area contributed by atoms with Crippen LogP contribution >= 0.6 is 23.1 Å². The highest BCUT2D eigenvalue weighted by atomic mass is 32.2. The van der Waals surface area contributed by atoms with E-state index in [1.807, 2.05) is 0 Å². The highest BCUT2D eigenvalue weighted by Gasteiger charge is 2.15. The number of methoxy groups -OCH3 is 1. The Morgan fingerprint density at radius 1 is 1.44 bits per heavy atom. The Morgan fingerprint density at radius 3 is 2.92 bits per heavy atom. The number of hydrogen-bond acceptors (Lipinski definition) is 6. The molecule has 0 saturated heterocycles. The number of rotatable bonds is 5. The summed E-state index contributed by atoms with van der Waals surface area (Å²) in [6.45, 7) is -0.205. The van der Waals surface area contributed by atoms with Gasteiger partial charge in [0, 0.05) is 11.8 Å². The average molecular weight is 379 g/mol. The van der Waals surface area contributed by atoms with Crippen LogP contribution < -0.4 is 15.6 Å². The number of fused-ring (bicyclic) bond motifs is 1. The van der Waals surface area contributed by atoms with Gasteiger partial charge in [-0.25, -0.2) is 9.37 Å². The summed E-state index contributed by atoms with van der Waals surface area (Å²) >= 11 is 2.57. The molecule has 9 heteroatoms. The van der Waals surface area contributed by atoms with Gasteiger partial charge in [0.2, 0.25) is 5.91 Å². The molecule has 0 aliphatic carbocycles. The quantitative estimate of drug-likeness (QED) is 0.545. The van der Waals surface area contributed by atoms with Crippen molar-refractivity contribution in [1.29, 1.82) is 0 Å². The summed E-state index contributed by atoms with van der Waals surface area (Å²) in [5, 5.41) is 4.81. The fourth-order valence-corrected chi connectivity index (χ4v) is 3.64. The van der Waals surface area contributed by atoms with Gasteiger partial charge in [0.15, 0.2) is 16.7 Å². The Labute approximate surface area is 150 Å². The van der Waals surface area contributed by atoms with Crippen molar-refractivity contribution in [2.75, 3.05) is 18.7 Å². The van der Waals surface area contributed by atoms with Gasteiger partial charge < -0.3 is 10.1 Å². The van der Waals surface area contributed by atoms with Crippen LogP contribution in [0, 0.1) is 5.82 Å². The van der Waals surface area contributed by atoms with Crippen LogP contribution in [0.4, 0.5) is 10.1 Å². The zero-order valence-corrected chi connectivity index (χ0v) is 15.0. The van der Waals surface area contributed by atoms with E-state index in [0.717, 1.165) is 6.07 Å². The first-order valence-electron chi connectivity index (χ1n) is 7.19. The van der Waals surface area contributed by atoms with E-state index in [1.165, 1.54) is 46.9 Å². The lowest BCUT2D eigenvalue weighted by Gasteiger charge is -2.11. The lowest BCUT2D eigenvalue weighted by Crippen LogP contribution is -2.29. The summed E-state index contributed by atoms with van der Waals surface area (Å²) in [7, 11) is 1.36. The number of benzene rings is 1. The fourth-order valence-electron chi connectivity index (χ4n) is 2.31. The van der Waals surface area contributed by atoms with Crippen LogP contribution in [0.15, 0.2) is 39.6 Å². The molecule has 3 rings (SSSR count).